The van der Waals surface area contributed by atoms with Gasteiger partial charge in [-0.05, 0) is 37.5 Å². The van der Waals surface area contributed by atoms with E-state index < -0.39 is 0 Å². The molecule has 15 heavy (non-hydrogen) atoms. The van der Waals surface area contributed by atoms with Crippen molar-refractivity contribution < 1.29 is 0 Å². The molecule has 2 heterocycles. The lowest BCUT2D eigenvalue weighted by molar-refractivity contribution is 0.332. The van der Waals surface area contributed by atoms with Crippen LogP contribution in [0.2, 0.25) is 0 Å². The van der Waals surface area contributed by atoms with E-state index in [1.54, 1.807) is 0 Å². The molecule has 0 saturated heterocycles. The van der Waals surface area contributed by atoms with Crippen molar-refractivity contribution in [3.63, 3.8) is 0 Å². The van der Waals surface area contributed by atoms with Gasteiger partial charge in [0, 0.05) is 24.3 Å². The molecular weight excluding hydrogens is 184 g/mol. The minimum Gasteiger partial charge on any atom is -0.343 e. The summed E-state index contributed by atoms with van der Waals surface area (Å²) in [5.74, 6) is 0. The Morgan fingerprint density at radius 1 is 1.13 bits per heavy atom. The third-order valence-electron chi connectivity index (χ3n) is 3.25. The number of hydrogen-bond donors (Lipinski definition) is 0. The van der Waals surface area contributed by atoms with Crippen molar-refractivity contribution in [2.45, 2.75) is 19.5 Å². The van der Waals surface area contributed by atoms with Gasteiger partial charge in [-0.25, -0.2) is 0 Å². The largest absolute Gasteiger partial charge is 0.343 e. The molecule has 1 aromatic carbocycles. The molecule has 0 spiro atoms. The van der Waals surface area contributed by atoms with Crippen molar-refractivity contribution in [1.82, 2.24) is 9.47 Å². The quantitative estimate of drug-likeness (QED) is 0.634. The maximum atomic E-state index is 2.47. The van der Waals surface area contributed by atoms with Crippen molar-refractivity contribution in [2.75, 3.05) is 13.6 Å². The second-order valence-corrected chi connectivity index (χ2v) is 4.44. The van der Waals surface area contributed by atoms with Gasteiger partial charge in [0.2, 0.25) is 0 Å². The summed E-state index contributed by atoms with van der Waals surface area (Å²) < 4.78 is 2.47. The van der Waals surface area contributed by atoms with Gasteiger partial charge in [-0.1, -0.05) is 18.2 Å². The number of aryl methyl sites for hydroxylation is 1. The van der Waals surface area contributed by atoms with Crippen LogP contribution in [0.3, 0.4) is 0 Å². The van der Waals surface area contributed by atoms with Crippen molar-refractivity contribution in [3.05, 3.63) is 36.0 Å². The van der Waals surface area contributed by atoms with E-state index in [1.807, 2.05) is 0 Å². The SMILES string of the molecule is CN1CCCn2c(cc3ccccc32)C1. The molecular formula is C13H16N2. The first kappa shape index (κ1) is 8.98. The Morgan fingerprint density at radius 2 is 2.00 bits per heavy atom. The van der Waals surface area contributed by atoms with Crippen LogP contribution in [-0.2, 0) is 13.1 Å². The molecule has 3 rings (SSSR count). The number of aromatic nitrogens is 1. The molecule has 1 aliphatic heterocycles. The number of rotatable bonds is 0. The molecule has 78 valence electrons. The lowest BCUT2D eigenvalue weighted by Gasteiger charge is -2.11. The molecule has 1 aromatic heterocycles. The summed E-state index contributed by atoms with van der Waals surface area (Å²) in [5.41, 5.74) is 2.85. The predicted molar refractivity (Wildman–Crippen MR) is 62.9 cm³/mol. The molecule has 0 aliphatic carbocycles. The topological polar surface area (TPSA) is 8.17 Å². The molecule has 0 amide bonds. The fourth-order valence-corrected chi connectivity index (χ4v) is 2.52. The Balaban J connectivity index is 2.19. The molecule has 0 atom stereocenters. The van der Waals surface area contributed by atoms with Crippen molar-refractivity contribution in [3.8, 4) is 0 Å². The van der Waals surface area contributed by atoms with E-state index in [0.717, 1.165) is 13.1 Å². The summed E-state index contributed by atoms with van der Waals surface area (Å²) in [6, 6.07) is 11.0. The summed E-state index contributed by atoms with van der Waals surface area (Å²) >= 11 is 0. The third-order valence-corrected chi connectivity index (χ3v) is 3.25. The van der Waals surface area contributed by atoms with Crippen LogP contribution in [-0.4, -0.2) is 23.1 Å². The first-order valence-corrected chi connectivity index (χ1v) is 5.60. The molecule has 0 bridgehead atoms. The van der Waals surface area contributed by atoms with Gasteiger partial charge in [0.05, 0.1) is 0 Å². The first-order chi connectivity index (χ1) is 7.34. The van der Waals surface area contributed by atoms with Crippen LogP contribution in [0.25, 0.3) is 10.9 Å². The smallest absolute Gasteiger partial charge is 0.0482 e. The maximum absolute atomic E-state index is 2.47. The van der Waals surface area contributed by atoms with Gasteiger partial charge >= 0.3 is 0 Å². The van der Waals surface area contributed by atoms with Crippen molar-refractivity contribution in [1.29, 1.82) is 0 Å². The van der Waals surface area contributed by atoms with E-state index in [-0.39, 0.29) is 0 Å². The molecule has 2 aromatic rings. The fraction of sp³-hybridized carbons (Fsp3) is 0.385. The highest BCUT2D eigenvalue weighted by Crippen LogP contribution is 2.22. The minimum absolute atomic E-state index is 1.08. The summed E-state index contributed by atoms with van der Waals surface area (Å²) in [4.78, 5) is 2.40. The third kappa shape index (κ3) is 1.45. The summed E-state index contributed by atoms with van der Waals surface area (Å²) in [6.45, 7) is 3.44. The van der Waals surface area contributed by atoms with Gasteiger partial charge in [0.25, 0.3) is 0 Å². The second-order valence-electron chi connectivity index (χ2n) is 4.44. The Labute approximate surface area is 90.1 Å². The van der Waals surface area contributed by atoms with E-state index in [1.165, 1.54) is 29.6 Å². The second kappa shape index (κ2) is 3.38. The standard InChI is InChI=1S/C13H16N2/c1-14-7-4-8-15-12(10-14)9-11-5-2-3-6-13(11)15/h2-3,5-6,9H,4,7-8,10H2,1H3. The van der Waals surface area contributed by atoms with Gasteiger partial charge in [-0.2, -0.15) is 0 Å². The zero-order chi connectivity index (χ0) is 10.3. The Hall–Kier alpha value is -1.28. The molecule has 0 radical (unpaired) electrons. The van der Waals surface area contributed by atoms with E-state index in [0.29, 0.717) is 0 Å². The van der Waals surface area contributed by atoms with E-state index in [9.17, 15) is 0 Å². The fourth-order valence-electron chi connectivity index (χ4n) is 2.52. The molecule has 0 saturated carbocycles. The Kier molecular flexibility index (Phi) is 2.03. The Morgan fingerprint density at radius 3 is 2.93 bits per heavy atom. The monoisotopic (exact) mass is 200 g/mol. The highest BCUT2D eigenvalue weighted by Gasteiger charge is 2.13. The van der Waals surface area contributed by atoms with Crippen LogP contribution in [0.15, 0.2) is 30.3 Å². The average molecular weight is 200 g/mol. The zero-order valence-corrected chi connectivity index (χ0v) is 9.11. The van der Waals surface area contributed by atoms with Crippen molar-refractivity contribution >= 4 is 10.9 Å². The Bertz CT molecular complexity index is 484. The number of benzene rings is 1. The maximum Gasteiger partial charge on any atom is 0.0482 e. The number of nitrogens with zero attached hydrogens (tertiary/aromatic N) is 2. The van der Waals surface area contributed by atoms with E-state index in [4.69, 9.17) is 0 Å². The predicted octanol–water partition coefficient (Wildman–Crippen LogP) is 2.48. The van der Waals surface area contributed by atoms with Crippen LogP contribution < -0.4 is 0 Å². The number of fused-ring (bicyclic) bond motifs is 3. The van der Waals surface area contributed by atoms with Crippen LogP contribution in [0.5, 0.6) is 0 Å². The minimum atomic E-state index is 1.08. The lowest BCUT2D eigenvalue weighted by atomic mass is 10.2. The highest BCUT2D eigenvalue weighted by atomic mass is 15.1. The molecule has 2 nitrogen and oxygen atoms in total. The van der Waals surface area contributed by atoms with E-state index in [2.05, 4.69) is 46.8 Å². The van der Waals surface area contributed by atoms with Crippen LogP contribution in [0.4, 0.5) is 0 Å². The molecule has 1 aliphatic rings. The van der Waals surface area contributed by atoms with Gasteiger partial charge < -0.3 is 9.47 Å². The number of hydrogen-bond acceptors (Lipinski definition) is 1. The summed E-state index contributed by atoms with van der Waals surface area (Å²) in [6.07, 6.45) is 1.25. The van der Waals surface area contributed by atoms with Crippen LogP contribution >= 0.6 is 0 Å². The lowest BCUT2D eigenvalue weighted by Crippen LogP contribution is -2.16. The van der Waals surface area contributed by atoms with E-state index >= 15 is 0 Å². The average Bonchev–Trinajstić information content (AvgIpc) is 2.46. The molecule has 0 unspecified atom stereocenters. The van der Waals surface area contributed by atoms with Gasteiger partial charge in [0.15, 0.2) is 0 Å². The summed E-state index contributed by atoms with van der Waals surface area (Å²) in [7, 11) is 2.20. The van der Waals surface area contributed by atoms with Crippen LogP contribution in [0.1, 0.15) is 12.1 Å². The molecule has 2 heteroatoms. The summed E-state index contributed by atoms with van der Waals surface area (Å²) in [5, 5.41) is 1.38. The molecule has 0 fully saturated rings. The van der Waals surface area contributed by atoms with Gasteiger partial charge in [0.1, 0.15) is 0 Å². The van der Waals surface area contributed by atoms with Gasteiger partial charge in [-0.15, -0.1) is 0 Å². The zero-order valence-electron chi connectivity index (χ0n) is 9.11. The highest BCUT2D eigenvalue weighted by molar-refractivity contribution is 5.81. The van der Waals surface area contributed by atoms with Gasteiger partial charge in [-0.3, -0.25) is 0 Å². The first-order valence-electron chi connectivity index (χ1n) is 5.60. The molecule has 0 N–H and O–H groups in total. The number of para-hydroxylation sites is 1. The van der Waals surface area contributed by atoms with Crippen molar-refractivity contribution in [2.24, 2.45) is 0 Å². The normalized spacial score (nSPS) is 17.7. The van der Waals surface area contributed by atoms with Crippen LogP contribution in [0, 0.1) is 0 Å².